The molecular weight excluding hydrogens is 205 g/mol. The van der Waals surface area contributed by atoms with E-state index in [1.807, 2.05) is 0 Å². The lowest BCUT2D eigenvalue weighted by Crippen LogP contribution is -2.45. The highest BCUT2D eigenvalue weighted by molar-refractivity contribution is 5.01. The van der Waals surface area contributed by atoms with Crippen LogP contribution in [-0.4, -0.2) is 25.3 Å². The molecule has 1 spiro atoms. The van der Waals surface area contributed by atoms with E-state index in [0.717, 1.165) is 25.9 Å². The maximum absolute atomic E-state index is 12.6. The van der Waals surface area contributed by atoms with Crippen molar-refractivity contribution in [2.75, 3.05) is 13.1 Å². The second-order valence-corrected chi connectivity index (χ2v) is 4.90. The minimum atomic E-state index is -4.06. The molecule has 0 bridgehead atoms. The van der Waals surface area contributed by atoms with Crippen LogP contribution in [0.3, 0.4) is 0 Å². The minimum Gasteiger partial charge on any atom is -0.327 e. The van der Waals surface area contributed by atoms with Gasteiger partial charge in [-0.25, -0.2) is 0 Å². The molecular formula is C10H17F3N2. The molecule has 1 saturated heterocycles. The molecule has 3 N–H and O–H groups in total. The molecule has 2 rings (SSSR count). The van der Waals surface area contributed by atoms with Crippen LogP contribution in [0.5, 0.6) is 0 Å². The lowest BCUT2D eigenvalue weighted by atomic mass is 9.74. The van der Waals surface area contributed by atoms with Crippen molar-refractivity contribution in [2.24, 2.45) is 17.1 Å². The van der Waals surface area contributed by atoms with Gasteiger partial charge < -0.3 is 11.1 Å². The van der Waals surface area contributed by atoms with E-state index in [4.69, 9.17) is 5.73 Å². The number of hydrogen-bond acceptors (Lipinski definition) is 2. The fourth-order valence-corrected chi connectivity index (χ4v) is 3.03. The average molecular weight is 222 g/mol. The van der Waals surface area contributed by atoms with Crippen LogP contribution >= 0.6 is 0 Å². The summed E-state index contributed by atoms with van der Waals surface area (Å²) >= 11 is 0. The van der Waals surface area contributed by atoms with E-state index in [-0.39, 0.29) is 24.3 Å². The molecule has 1 heterocycles. The van der Waals surface area contributed by atoms with Crippen molar-refractivity contribution in [2.45, 2.75) is 37.9 Å². The topological polar surface area (TPSA) is 38.0 Å². The number of piperidine rings is 1. The number of nitrogens with two attached hydrogens (primary N) is 1. The minimum absolute atomic E-state index is 0.115. The summed E-state index contributed by atoms with van der Waals surface area (Å²) < 4.78 is 37.8. The molecule has 2 aliphatic rings. The predicted octanol–water partition coefficient (Wildman–Crippen LogP) is 1.66. The summed E-state index contributed by atoms with van der Waals surface area (Å²) in [5.41, 5.74) is 5.66. The van der Waals surface area contributed by atoms with E-state index in [1.165, 1.54) is 0 Å². The van der Waals surface area contributed by atoms with Crippen LogP contribution in [0, 0.1) is 11.3 Å². The van der Waals surface area contributed by atoms with Gasteiger partial charge in [-0.2, -0.15) is 13.2 Å². The van der Waals surface area contributed by atoms with Gasteiger partial charge in [0.25, 0.3) is 0 Å². The van der Waals surface area contributed by atoms with Crippen LogP contribution in [0.15, 0.2) is 0 Å². The Kier molecular flexibility index (Phi) is 2.71. The fraction of sp³-hybridized carbons (Fsp3) is 1.00. The summed E-state index contributed by atoms with van der Waals surface area (Å²) in [6.45, 7) is 1.61. The van der Waals surface area contributed by atoms with Crippen molar-refractivity contribution in [3.05, 3.63) is 0 Å². The normalized spacial score (nSPS) is 36.0. The summed E-state index contributed by atoms with van der Waals surface area (Å²) in [7, 11) is 0. The van der Waals surface area contributed by atoms with Gasteiger partial charge in [0.1, 0.15) is 0 Å². The Hall–Kier alpha value is -0.290. The van der Waals surface area contributed by atoms with E-state index in [1.54, 1.807) is 0 Å². The Morgan fingerprint density at radius 3 is 2.27 bits per heavy atom. The van der Waals surface area contributed by atoms with E-state index >= 15 is 0 Å². The Labute approximate surface area is 87.4 Å². The third-order valence-electron chi connectivity index (χ3n) is 4.04. The first kappa shape index (κ1) is 11.2. The summed E-state index contributed by atoms with van der Waals surface area (Å²) in [5.74, 6) is -1.18. The Morgan fingerprint density at radius 1 is 1.20 bits per heavy atom. The first-order valence-electron chi connectivity index (χ1n) is 5.47. The first-order chi connectivity index (χ1) is 6.94. The zero-order valence-electron chi connectivity index (χ0n) is 8.61. The van der Waals surface area contributed by atoms with Crippen molar-refractivity contribution >= 4 is 0 Å². The third kappa shape index (κ3) is 1.99. The lowest BCUT2D eigenvalue weighted by molar-refractivity contribution is -0.175. The first-order valence-corrected chi connectivity index (χ1v) is 5.47. The SMILES string of the molecule is N[C@H]1C[C@@H](C(F)(F)F)CC12CCNCC2. The predicted molar refractivity (Wildman–Crippen MR) is 51.3 cm³/mol. The van der Waals surface area contributed by atoms with Crippen molar-refractivity contribution in [1.29, 1.82) is 0 Å². The van der Waals surface area contributed by atoms with Gasteiger partial charge in [0.2, 0.25) is 0 Å². The van der Waals surface area contributed by atoms with Crippen molar-refractivity contribution in [3.8, 4) is 0 Å². The van der Waals surface area contributed by atoms with Gasteiger partial charge >= 0.3 is 6.18 Å². The highest BCUT2D eigenvalue weighted by Gasteiger charge is 2.54. The van der Waals surface area contributed by atoms with Crippen LogP contribution in [0.2, 0.25) is 0 Å². The molecule has 2 nitrogen and oxygen atoms in total. The molecule has 15 heavy (non-hydrogen) atoms. The summed E-state index contributed by atoms with van der Waals surface area (Å²) in [4.78, 5) is 0. The van der Waals surface area contributed by atoms with Crippen LogP contribution in [0.1, 0.15) is 25.7 Å². The van der Waals surface area contributed by atoms with Crippen LogP contribution in [0.4, 0.5) is 13.2 Å². The van der Waals surface area contributed by atoms with E-state index < -0.39 is 12.1 Å². The van der Waals surface area contributed by atoms with Gasteiger partial charge in [-0.3, -0.25) is 0 Å². The largest absolute Gasteiger partial charge is 0.391 e. The second kappa shape index (κ2) is 3.63. The molecule has 0 aromatic rings. The third-order valence-corrected chi connectivity index (χ3v) is 4.04. The molecule has 0 amide bonds. The van der Waals surface area contributed by atoms with E-state index in [0.29, 0.717) is 0 Å². The molecule has 88 valence electrons. The van der Waals surface area contributed by atoms with Crippen LogP contribution in [0.25, 0.3) is 0 Å². The molecule has 0 aromatic heterocycles. The van der Waals surface area contributed by atoms with Crippen LogP contribution in [-0.2, 0) is 0 Å². The van der Waals surface area contributed by atoms with Crippen molar-refractivity contribution in [1.82, 2.24) is 5.32 Å². The molecule has 0 unspecified atom stereocenters. The van der Waals surface area contributed by atoms with Gasteiger partial charge in [0, 0.05) is 6.04 Å². The molecule has 0 radical (unpaired) electrons. The number of alkyl halides is 3. The van der Waals surface area contributed by atoms with E-state index in [9.17, 15) is 13.2 Å². The molecule has 5 heteroatoms. The lowest BCUT2D eigenvalue weighted by Gasteiger charge is -2.37. The maximum Gasteiger partial charge on any atom is 0.391 e. The maximum atomic E-state index is 12.6. The Morgan fingerprint density at radius 2 is 1.80 bits per heavy atom. The fourth-order valence-electron chi connectivity index (χ4n) is 3.03. The second-order valence-electron chi connectivity index (χ2n) is 4.90. The number of hydrogen-bond donors (Lipinski definition) is 2. The van der Waals surface area contributed by atoms with Gasteiger partial charge in [-0.1, -0.05) is 0 Å². The van der Waals surface area contributed by atoms with Gasteiger partial charge in [0.05, 0.1) is 5.92 Å². The number of rotatable bonds is 0. The smallest absolute Gasteiger partial charge is 0.327 e. The Bertz CT molecular complexity index is 233. The highest BCUT2D eigenvalue weighted by Crippen LogP contribution is 2.51. The average Bonchev–Trinajstić information content (AvgIpc) is 2.45. The zero-order valence-corrected chi connectivity index (χ0v) is 8.61. The molecule has 2 atom stereocenters. The van der Waals surface area contributed by atoms with Gasteiger partial charge in [-0.15, -0.1) is 0 Å². The van der Waals surface area contributed by atoms with Crippen molar-refractivity contribution in [3.63, 3.8) is 0 Å². The summed E-state index contributed by atoms with van der Waals surface area (Å²) in [6, 6.07) is -0.272. The molecule has 2 fully saturated rings. The van der Waals surface area contributed by atoms with Gasteiger partial charge in [-0.05, 0) is 44.2 Å². The monoisotopic (exact) mass is 222 g/mol. The van der Waals surface area contributed by atoms with E-state index in [2.05, 4.69) is 5.32 Å². The summed E-state index contributed by atoms with van der Waals surface area (Å²) in [6.07, 6.45) is -2.13. The summed E-state index contributed by atoms with van der Waals surface area (Å²) in [5, 5.41) is 3.17. The van der Waals surface area contributed by atoms with Crippen LogP contribution < -0.4 is 11.1 Å². The quantitative estimate of drug-likeness (QED) is 0.654. The standard InChI is InChI=1S/C10H17F3N2/c11-10(12,13)7-5-8(14)9(6-7)1-3-15-4-2-9/h7-8,15H,1-6,14H2/t7-,8+/m1/s1. The molecule has 1 aliphatic carbocycles. The van der Waals surface area contributed by atoms with Gasteiger partial charge in [0.15, 0.2) is 0 Å². The Balaban J connectivity index is 2.09. The highest BCUT2D eigenvalue weighted by atomic mass is 19.4. The zero-order chi connectivity index (χ0) is 11.1. The number of nitrogens with one attached hydrogen (secondary N) is 1. The van der Waals surface area contributed by atoms with Crippen molar-refractivity contribution < 1.29 is 13.2 Å². The molecule has 1 aliphatic heterocycles. The number of halogens is 3. The molecule has 1 saturated carbocycles. The molecule has 0 aromatic carbocycles.